The van der Waals surface area contributed by atoms with Gasteiger partial charge in [0.15, 0.2) is 6.61 Å². The third-order valence-electron chi connectivity index (χ3n) is 2.94. The molecule has 7 nitrogen and oxygen atoms in total. The number of nitro benzene ring substituents is 1. The lowest BCUT2D eigenvalue weighted by atomic mass is 9.97. The Bertz CT molecular complexity index is 750. The summed E-state index contributed by atoms with van der Waals surface area (Å²) in [5, 5.41) is 18.1. The minimum atomic E-state index is -4.80. The Morgan fingerprint density at radius 3 is 2.42 bits per heavy atom. The molecule has 10 heteroatoms. The van der Waals surface area contributed by atoms with Crippen molar-refractivity contribution in [3.8, 4) is 5.75 Å². The maximum absolute atomic E-state index is 13.0. The number of benzene rings is 1. The van der Waals surface area contributed by atoms with Crippen molar-refractivity contribution in [3.05, 3.63) is 45.7 Å². The summed E-state index contributed by atoms with van der Waals surface area (Å²) in [6.07, 6.45) is -4.80. The van der Waals surface area contributed by atoms with Crippen molar-refractivity contribution in [2.45, 2.75) is 39.0 Å². The van der Waals surface area contributed by atoms with E-state index in [4.69, 9.17) is 9.15 Å². The van der Waals surface area contributed by atoms with E-state index in [1.54, 1.807) is 0 Å². The molecule has 0 radical (unpaired) electrons. The van der Waals surface area contributed by atoms with Gasteiger partial charge in [0.25, 0.3) is 11.6 Å². The molecule has 0 amide bonds. The van der Waals surface area contributed by atoms with Crippen LogP contribution in [0.2, 0.25) is 0 Å². The second-order valence-corrected chi connectivity index (χ2v) is 5.97. The lowest BCUT2D eigenvalue weighted by Gasteiger charge is -2.13. The van der Waals surface area contributed by atoms with Crippen LogP contribution in [0, 0.1) is 10.1 Å². The second kappa shape index (κ2) is 6.10. The van der Waals surface area contributed by atoms with Crippen LogP contribution in [-0.4, -0.2) is 15.1 Å². The largest absolute Gasteiger partial charge is 0.483 e. The van der Waals surface area contributed by atoms with Crippen LogP contribution in [0.15, 0.2) is 22.6 Å². The number of nitro groups is 1. The third kappa shape index (κ3) is 4.00. The van der Waals surface area contributed by atoms with E-state index in [1.807, 2.05) is 20.8 Å². The molecule has 0 unspecified atom stereocenters. The van der Waals surface area contributed by atoms with E-state index >= 15 is 0 Å². The van der Waals surface area contributed by atoms with Crippen LogP contribution < -0.4 is 4.74 Å². The van der Waals surface area contributed by atoms with Crippen LogP contribution in [0.3, 0.4) is 0 Å². The summed E-state index contributed by atoms with van der Waals surface area (Å²) in [4.78, 5) is 9.72. The van der Waals surface area contributed by atoms with Crippen LogP contribution >= 0.6 is 0 Å². The van der Waals surface area contributed by atoms with Gasteiger partial charge in [-0.1, -0.05) is 20.8 Å². The van der Waals surface area contributed by atoms with Gasteiger partial charge in [-0.2, -0.15) is 13.2 Å². The third-order valence-corrected chi connectivity index (χ3v) is 2.94. The van der Waals surface area contributed by atoms with E-state index in [-0.39, 0.29) is 12.5 Å². The zero-order valence-corrected chi connectivity index (χ0v) is 13.0. The fourth-order valence-electron chi connectivity index (χ4n) is 1.73. The number of alkyl halides is 3. The zero-order chi connectivity index (χ0) is 18.1. The number of ether oxygens (including phenoxy) is 1. The smallest absolute Gasteiger partial charge is 0.420 e. The van der Waals surface area contributed by atoms with E-state index in [1.165, 1.54) is 0 Å². The molecule has 130 valence electrons. The molecule has 0 spiro atoms. The first-order chi connectivity index (χ1) is 11.0. The number of nitrogens with zero attached hydrogens (tertiary/aromatic N) is 3. The van der Waals surface area contributed by atoms with Crippen LogP contribution in [0.5, 0.6) is 5.75 Å². The standard InChI is InChI=1S/C14H14F3N3O4/c1-13(2,3)12-19-18-11(24-12)7-23-10-5-4-8(20(21)22)6-9(10)14(15,16)17/h4-6H,7H2,1-3H3. The van der Waals surface area contributed by atoms with Gasteiger partial charge in [-0.05, 0) is 6.07 Å². The van der Waals surface area contributed by atoms with Gasteiger partial charge in [0.05, 0.1) is 4.92 Å². The molecule has 0 atom stereocenters. The summed E-state index contributed by atoms with van der Waals surface area (Å²) >= 11 is 0. The molecule has 0 N–H and O–H groups in total. The van der Waals surface area contributed by atoms with Crippen molar-refractivity contribution in [2.75, 3.05) is 0 Å². The Kier molecular flexibility index (Phi) is 4.50. The molecular weight excluding hydrogens is 331 g/mol. The molecule has 0 fully saturated rings. The van der Waals surface area contributed by atoms with Crippen LogP contribution in [0.1, 0.15) is 38.1 Å². The van der Waals surface area contributed by atoms with Gasteiger partial charge in [-0.15, -0.1) is 10.2 Å². The number of halogens is 3. The van der Waals surface area contributed by atoms with Gasteiger partial charge in [0, 0.05) is 17.5 Å². The number of aromatic nitrogens is 2. The summed E-state index contributed by atoms with van der Waals surface area (Å²) in [6, 6.07) is 2.24. The highest BCUT2D eigenvalue weighted by atomic mass is 19.4. The molecule has 0 bridgehead atoms. The van der Waals surface area contributed by atoms with Crippen molar-refractivity contribution in [1.29, 1.82) is 0 Å². The molecule has 2 aromatic rings. The minimum absolute atomic E-state index is 0.00593. The molecule has 0 aliphatic carbocycles. The summed E-state index contributed by atoms with van der Waals surface area (Å²) < 4.78 is 49.5. The second-order valence-electron chi connectivity index (χ2n) is 5.97. The van der Waals surface area contributed by atoms with Crippen molar-refractivity contribution in [3.63, 3.8) is 0 Å². The average Bonchev–Trinajstić information content (AvgIpc) is 2.92. The van der Waals surface area contributed by atoms with Gasteiger partial charge >= 0.3 is 6.18 Å². The van der Waals surface area contributed by atoms with Gasteiger partial charge in [0.1, 0.15) is 11.3 Å². The predicted octanol–water partition coefficient (Wildman–Crippen LogP) is 3.87. The monoisotopic (exact) mass is 345 g/mol. The quantitative estimate of drug-likeness (QED) is 0.617. The van der Waals surface area contributed by atoms with Crippen molar-refractivity contribution >= 4 is 5.69 Å². The van der Waals surface area contributed by atoms with Gasteiger partial charge < -0.3 is 9.15 Å². The van der Waals surface area contributed by atoms with E-state index in [9.17, 15) is 23.3 Å². The van der Waals surface area contributed by atoms with Gasteiger partial charge in [0.2, 0.25) is 5.89 Å². The van der Waals surface area contributed by atoms with Crippen LogP contribution in [0.25, 0.3) is 0 Å². The minimum Gasteiger partial charge on any atom is -0.483 e. The molecular formula is C14H14F3N3O4. The highest BCUT2D eigenvalue weighted by Gasteiger charge is 2.36. The summed E-state index contributed by atoms with van der Waals surface area (Å²) in [6.45, 7) is 5.12. The lowest BCUT2D eigenvalue weighted by Crippen LogP contribution is -2.11. The molecule has 0 saturated carbocycles. The molecule has 0 aliphatic rings. The topological polar surface area (TPSA) is 91.3 Å². The number of hydrogen-bond donors (Lipinski definition) is 0. The van der Waals surface area contributed by atoms with Crippen molar-refractivity contribution < 1.29 is 27.2 Å². The van der Waals surface area contributed by atoms with E-state index < -0.39 is 33.5 Å². The maximum Gasteiger partial charge on any atom is 0.420 e. The molecule has 1 heterocycles. The van der Waals surface area contributed by atoms with E-state index in [2.05, 4.69) is 10.2 Å². The molecule has 0 saturated heterocycles. The Morgan fingerprint density at radius 1 is 1.25 bits per heavy atom. The first-order valence-electron chi connectivity index (χ1n) is 6.80. The Hall–Kier alpha value is -2.65. The van der Waals surface area contributed by atoms with Crippen LogP contribution in [0.4, 0.5) is 18.9 Å². The van der Waals surface area contributed by atoms with Crippen molar-refractivity contribution in [2.24, 2.45) is 0 Å². The van der Waals surface area contributed by atoms with Crippen molar-refractivity contribution in [1.82, 2.24) is 10.2 Å². The zero-order valence-electron chi connectivity index (χ0n) is 13.0. The summed E-state index contributed by atoms with van der Waals surface area (Å²) in [5.41, 5.74) is -2.33. The van der Waals surface area contributed by atoms with Gasteiger partial charge in [-0.25, -0.2) is 0 Å². The first-order valence-corrected chi connectivity index (χ1v) is 6.80. The van der Waals surface area contributed by atoms with E-state index in [0.29, 0.717) is 12.0 Å². The Morgan fingerprint density at radius 2 is 1.92 bits per heavy atom. The van der Waals surface area contributed by atoms with Crippen LogP contribution in [-0.2, 0) is 18.2 Å². The normalized spacial score (nSPS) is 12.2. The molecule has 1 aromatic carbocycles. The number of hydrogen-bond acceptors (Lipinski definition) is 6. The first kappa shape index (κ1) is 17.7. The molecule has 1 aromatic heterocycles. The molecule has 0 aliphatic heterocycles. The Balaban J connectivity index is 2.23. The van der Waals surface area contributed by atoms with E-state index in [0.717, 1.165) is 12.1 Å². The molecule has 2 rings (SSSR count). The lowest BCUT2D eigenvalue weighted by molar-refractivity contribution is -0.385. The predicted molar refractivity (Wildman–Crippen MR) is 75.4 cm³/mol. The fraction of sp³-hybridized carbons (Fsp3) is 0.429. The highest BCUT2D eigenvalue weighted by Crippen LogP contribution is 2.38. The number of non-ortho nitro benzene ring substituents is 1. The molecule has 24 heavy (non-hydrogen) atoms. The SMILES string of the molecule is CC(C)(C)c1nnc(COc2ccc([N+](=O)[O-])cc2C(F)(F)F)o1. The number of rotatable bonds is 4. The van der Waals surface area contributed by atoms with Gasteiger partial charge in [-0.3, -0.25) is 10.1 Å². The maximum atomic E-state index is 13.0. The highest BCUT2D eigenvalue weighted by molar-refractivity contribution is 5.45. The average molecular weight is 345 g/mol. The Labute approximate surface area is 134 Å². The fourth-order valence-corrected chi connectivity index (χ4v) is 1.73. The summed E-state index contributed by atoms with van der Waals surface area (Å²) in [5.74, 6) is -0.226. The summed E-state index contributed by atoms with van der Waals surface area (Å²) in [7, 11) is 0.